The molecule has 0 spiro atoms. The predicted molar refractivity (Wildman–Crippen MR) is 284 cm³/mol. The molecule has 0 aromatic rings. The predicted octanol–water partition coefficient (Wildman–Crippen LogP) is 18.6. The van der Waals surface area contributed by atoms with Crippen LogP contribution in [-0.2, 0) is 28.6 Å². The molecular weight excluding hydrogens is 817 g/mol. The van der Waals surface area contributed by atoms with Crippen LogP contribution in [0.3, 0.4) is 0 Å². The summed E-state index contributed by atoms with van der Waals surface area (Å²) >= 11 is 0. The summed E-state index contributed by atoms with van der Waals surface area (Å²) < 4.78 is 16.8. The van der Waals surface area contributed by atoms with Crippen molar-refractivity contribution in [2.75, 3.05) is 13.2 Å². The van der Waals surface area contributed by atoms with Crippen LogP contribution in [0.1, 0.15) is 271 Å². The molecule has 0 bridgehead atoms. The molecule has 6 nitrogen and oxygen atoms in total. The molecule has 0 amide bonds. The molecule has 0 heterocycles. The highest BCUT2D eigenvalue weighted by molar-refractivity contribution is 5.71. The van der Waals surface area contributed by atoms with E-state index in [0.717, 1.165) is 96.3 Å². The third kappa shape index (κ3) is 51.8. The van der Waals surface area contributed by atoms with E-state index in [-0.39, 0.29) is 31.1 Å². The highest BCUT2D eigenvalue weighted by Gasteiger charge is 2.19. The Morgan fingerprint density at radius 1 is 0.303 bits per heavy atom. The van der Waals surface area contributed by atoms with E-state index in [2.05, 4.69) is 93.7 Å². The lowest BCUT2D eigenvalue weighted by Crippen LogP contribution is -2.30. The molecule has 66 heavy (non-hydrogen) atoms. The SMILES string of the molecule is CCCCC\C=C/C=C\C=C/C=C\CCCCCCCC(=O)OCC(COC(=O)CCCCC/C=C\CCCCCCCC)OC(=O)CCCCCCCCC/C=C\CCCCCCCC. The van der Waals surface area contributed by atoms with Gasteiger partial charge in [0.15, 0.2) is 6.10 Å². The van der Waals surface area contributed by atoms with Gasteiger partial charge in [0.2, 0.25) is 0 Å². The van der Waals surface area contributed by atoms with Crippen molar-refractivity contribution >= 4 is 17.9 Å². The zero-order valence-corrected chi connectivity index (χ0v) is 43.4. The minimum atomic E-state index is -0.793. The second-order valence-electron chi connectivity index (χ2n) is 18.6. The van der Waals surface area contributed by atoms with Crippen LogP contribution >= 0.6 is 0 Å². The molecule has 1 unspecified atom stereocenters. The highest BCUT2D eigenvalue weighted by Crippen LogP contribution is 2.14. The Balaban J connectivity index is 4.44. The summed E-state index contributed by atoms with van der Waals surface area (Å²) in [6.45, 7) is 6.56. The quantitative estimate of drug-likeness (QED) is 0.0199. The summed E-state index contributed by atoms with van der Waals surface area (Å²) in [5, 5.41) is 0. The Morgan fingerprint density at radius 3 is 0.939 bits per heavy atom. The molecule has 0 aromatic heterocycles. The fourth-order valence-electron chi connectivity index (χ4n) is 7.74. The van der Waals surface area contributed by atoms with E-state index in [1.165, 1.54) is 135 Å². The first kappa shape index (κ1) is 62.8. The van der Waals surface area contributed by atoms with Crippen LogP contribution in [0.25, 0.3) is 0 Å². The van der Waals surface area contributed by atoms with Gasteiger partial charge in [0, 0.05) is 19.3 Å². The van der Waals surface area contributed by atoms with E-state index in [1.807, 2.05) is 0 Å². The largest absolute Gasteiger partial charge is 0.462 e. The number of esters is 3. The molecule has 0 aromatic carbocycles. The molecule has 0 saturated carbocycles. The fraction of sp³-hybridized carbons (Fsp3) is 0.750. The van der Waals surface area contributed by atoms with Gasteiger partial charge in [-0.15, -0.1) is 0 Å². The lowest BCUT2D eigenvalue weighted by molar-refractivity contribution is -0.167. The van der Waals surface area contributed by atoms with Gasteiger partial charge in [-0.2, -0.15) is 0 Å². The van der Waals surface area contributed by atoms with Crippen molar-refractivity contribution in [1.82, 2.24) is 0 Å². The number of carbonyl (C=O) groups excluding carboxylic acids is 3. The summed E-state index contributed by atoms with van der Waals surface area (Å²) in [5.41, 5.74) is 0. The monoisotopic (exact) mass is 921 g/mol. The number of unbranched alkanes of at least 4 members (excludes halogenated alkanes) is 30. The van der Waals surface area contributed by atoms with E-state index < -0.39 is 6.10 Å². The highest BCUT2D eigenvalue weighted by atomic mass is 16.6. The first-order chi connectivity index (χ1) is 32.5. The van der Waals surface area contributed by atoms with Crippen LogP contribution in [0.5, 0.6) is 0 Å². The first-order valence-corrected chi connectivity index (χ1v) is 28.0. The zero-order chi connectivity index (χ0) is 47.9. The number of carbonyl (C=O) groups is 3. The maximum atomic E-state index is 12.8. The molecule has 0 aliphatic rings. The first-order valence-electron chi connectivity index (χ1n) is 28.0. The summed E-state index contributed by atoms with van der Waals surface area (Å²) in [6, 6.07) is 0. The number of hydrogen-bond acceptors (Lipinski definition) is 6. The van der Waals surface area contributed by atoms with Gasteiger partial charge in [0.05, 0.1) is 0 Å². The molecule has 6 heteroatoms. The molecule has 0 N–H and O–H groups in total. The Morgan fingerprint density at radius 2 is 0.561 bits per heavy atom. The van der Waals surface area contributed by atoms with Crippen LogP contribution in [0.15, 0.2) is 72.9 Å². The summed E-state index contributed by atoms with van der Waals surface area (Å²) in [4.78, 5) is 38.1. The van der Waals surface area contributed by atoms with Crippen LogP contribution < -0.4 is 0 Å². The Labute approximate surface area is 408 Å². The van der Waals surface area contributed by atoms with Crippen molar-refractivity contribution in [1.29, 1.82) is 0 Å². The van der Waals surface area contributed by atoms with Gasteiger partial charge >= 0.3 is 17.9 Å². The average Bonchev–Trinajstić information content (AvgIpc) is 3.31. The lowest BCUT2D eigenvalue weighted by atomic mass is 10.1. The van der Waals surface area contributed by atoms with E-state index in [1.54, 1.807) is 0 Å². The molecule has 380 valence electrons. The van der Waals surface area contributed by atoms with Crippen LogP contribution in [0, 0.1) is 0 Å². The minimum Gasteiger partial charge on any atom is -0.462 e. The zero-order valence-electron chi connectivity index (χ0n) is 43.4. The second-order valence-corrected chi connectivity index (χ2v) is 18.6. The van der Waals surface area contributed by atoms with Gasteiger partial charge in [-0.05, 0) is 96.3 Å². The van der Waals surface area contributed by atoms with Crippen molar-refractivity contribution in [3.05, 3.63) is 72.9 Å². The van der Waals surface area contributed by atoms with E-state index in [9.17, 15) is 14.4 Å². The second kappa shape index (κ2) is 54.5. The van der Waals surface area contributed by atoms with Crippen molar-refractivity contribution < 1.29 is 28.6 Å². The Kier molecular flexibility index (Phi) is 51.9. The topological polar surface area (TPSA) is 78.9 Å². The lowest BCUT2D eigenvalue weighted by Gasteiger charge is -2.18. The summed E-state index contributed by atoms with van der Waals surface area (Å²) in [5.74, 6) is -0.929. The minimum absolute atomic E-state index is 0.0925. The molecule has 0 saturated heterocycles. The maximum Gasteiger partial charge on any atom is 0.306 e. The van der Waals surface area contributed by atoms with Gasteiger partial charge in [0.1, 0.15) is 13.2 Å². The number of ether oxygens (including phenoxy) is 3. The maximum absolute atomic E-state index is 12.8. The smallest absolute Gasteiger partial charge is 0.306 e. The summed E-state index contributed by atoms with van der Waals surface area (Å²) in [7, 11) is 0. The van der Waals surface area contributed by atoms with E-state index in [0.29, 0.717) is 19.3 Å². The molecule has 0 fully saturated rings. The van der Waals surface area contributed by atoms with E-state index in [4.69, 9.17) is 14.2 Å². The van der Waals surface area contributed by atoms with Gasteiger partial charge < -0.3 is 14.2 Å². The van der Waals surface area contributed by atoms with Gasteiger partial charge in [0.25, 0.3) is 0 Å². The molecule has 0 radical (unpaired) electrons. The molecular formula is C60H104O6. The number of rotatable bonds is 50. The molecule has 0 rings (SSSR count). The van der Waals surface area contributed by atoms with Crippen LogP contribution in [0.2, 0.25) is 0 Å². The average molecular weight is 921 g/mol. The van der Waals surface area contributed by atoms with Crippen LogP contribution in [0.4, 0.5) is 0 Å². The van der Waals surface area contributed by atoms with Gasteiger partial charge in [-0.3, -0.25) is 14.4 Å². The fourth-order valence-corrected chi connectivity index (χ4v) is 7.74. The summed E-state index contributed by atoms with van der Waals surface area (Å²) in [6.07, 6.45) is 68.8. The number of allylic oxidation sites excluding steroid dienone is 12. The van der Waals surface area contributed by atoms with Crippen molar-refractivity contribution in [2.45, 2.75) is 277 Å². The normalized spacial score (nSPS) is 12.6. The van der Waals surface area contributed by atoms with Gasteiger partial charge in [-0.25, -0.2) is 0 Å². The standard InChI is InChI=1S/C60H104O6/c1-4-7-10-13-16-19-22-25-27-29-31-32-35-38-41-44-47-50-53-59(62)65-56-57(55-64-58(61)52-49-46-43-40-37-34-24-21-18-15-12-9-6-3)66-60(63)54-51-48-45-42-39-36-33-30-28-26-23-20-17-14-11-8-5-2/h16,19,22,25-29,31-32,34,37,57H,4-15,17-18,20-21,23-24,30,33,35-36,38-56H2,1-3H3/b19-16-,25-22-,28-26-,29-27-,32-31-,37-34-. The van der Waals surface area contributed by atoms with Crippen molar-refractivity contribution in [3.8, 4) is 0 Å². The molecule has 0 aliphatic carbocycles. The Hall–Kier alpha value is -3.15. The third-order valence-electron chi connectivity index (χ3n) is 12.0. The molecule has 0 aliphatic heterocycles. The van der Waals surface area contributed by atoms with Crippen molar-refractivity contribution in [2.24, 2.45) is 0 Å². The van der Waals surface area contributed by atoms with E-state index >= 15 is 0 Å². The Bertz CT molecular complexity index is 1240. The molecule has 1 atom stereocenters. The number of hydrogen-bond donors (Lipinski definition) is 0. The van der Waals surface area contributed by atoms with Crippen LogP contribution in [-0.4, -0.2) is 37.2 Å². The van der Waals surface area contributed by atoms with Crippen molar-refractivity contribution in [3.63, 3.8) is 0 Å². The van der Waals surface area contributed by atoms with Gasteiger partial charge in [-0.1, -0.05) is 229 Å². The third-order valence-corrected chi connectivity index (χ3v) is 12.0.